The molecule has 0 aliphatic carbocycles. The molecular weight excluding hydrogens is 582 g/mol. The number of halogens is 1. The summed E-state index contributed by atoms with van der Waals surface area (Å²) in [5.74, 6) is -1.08. The van der Waals surface area contributed by atoms with Gasteiger partial charge < -0.3 is 19.5 Å². The Kier molecular flexibility index (Phi) is 9.85. The van der Waals surface area contributed by atoms with E-state index in [2.05, 4.69) is 16.1 Å². The normalized spacial score (nSPS) is 13.6. The number of hydrogen-bond donors (Lipinski definition) is 1. The van der Waals surface area contributed by atoms with Crippen molar-refractivity contribution in [2.45, 2.75) is 13.5 Å². The lowest BCUT2D eigenvalue weighted by Crippen LogP contribution is -2.36. The Bertz CT molecular complexity index is 1630. The van der Waals surface area contributed by atoms with E-state index < -0.39 is 29.6 Å². The molecule has 12 heteroatoms. The maximum atomic E-state index is 13.0. The van der Waals surface area contributed by atoms with Crippen LogP contribution >= 0.6 is 23.4 Å². The minimum atomic E-state index is -0.677. The van der Waals surface area contributed by atoms with Gasteiger partial charge >= 0.3 is 5.97 Å². The molecule has 0 unspecified atom stereocenters. The third kappa shape index (κ3) is 7.09. The number of anilines is 1. The molecule has 1 heterocycles. The number of rotatable bonds is 10. The molecular formula is C30H24ClN3O7S. The lowest BCUT2D eigenvalue weighted by atomic mass is 10.1. The molecule has 3 aromatic carbocycles. The summed E-state index contributed by atoms with van der Waals surface area (Å²) in [4.78, 5) is 51.1. The van der Waals surface area contributed by atoms with Crippen LogP contribution in [0, 0.1) is 11.3 Å². The fourth-order valence-corrected chi connectivity index (χ4v) is 4.95. The maximum absolute atomic E-state index is 13.0. The molecule has 1 aliphatic heterocycles. The minimum absolute atomic E-state index is 0.0564. The van der Waals surface area contributed by atoms with Crippen molar-refractivity contribution < 1.29 is 33.4 Å². The molecule has 0 radical (unpaired) electrons. The number of hydrogen-bond acceptors (Lipinski definition) is 9. The summed E-state index contributed by atoms with van der Waals surface area (Å²) >= 11 is 6.72. The summed E-state index contributed by atoms with van der Waals surface area (Å²) in [6.07, 6.45) is 1.53. The predicted octanol–water partition coefficient (Wildman–Crippen LogP) is 5.65. The van der Waals surface area contributed by atoms with E-state index in [0.29, 0.717) is 41.0 Å². The number of carbonyl (C=O) groups is 4. The van der Waals surface area contributed by atoms with Crippen molar-refractivity contribution in [3.8, 4) is 17.6 Å². The van der Waals surface area contributed by atoms with Crippen molar-refractivity contribution in [1.29, 1.82) is 5.26 Å². The standard InChI is InChI=1S/C30H24ClN3O7S/c1-3-40-25-12-18(8-11-24(25)41-17-20-7-5-4-6-19(20)15-32)13-26-28(36)34(30(38)42-26)16-27(35)33-21-9-10-23(31)22(14-21)29(37)39-2/h4-14H,3,16-17H2,1-2H3,(H,33,35)/b26-13+. The van der Waals surface area contributed by atoms with E-state index in [1.807, 2.05) is 13.0 Å². The van der Waals surface area contributed by atoms with Crippen molar-refractivity contribution >= 4 is 58.1 Å². The molecule has 3 amide bonds. The predicted molar refractivity (Wildman–Crippen MR) is 157 cm³/mol. The van der Waals surface area contributed by atoms with E-state index >= 15 is 0 Å². The molecule has 42 heavy (non-hydrogen) atoms. The molecule has 0 aromatic heterocycles. The summed E-state index contributed by atoms with van der Waals surface area (Å²) in [5, 5.41) is 11.4. The number of amides is 3. The van der Waals surface area contributed by atoms with Crippen LogP contribution in [0.2, 0.25) is 5.02 Å². The van der Waals surface area contributed by atoms with Gasteiger partial charge in [-0.2, -0.15) is 5.26 Å². The highest BCUT2D eigenvalue weighted by Gasteiger charge is 2.36. The number of nitriles is 1. The van der Waals surface area contributed by atoms with E-state index in [1.54, 1.807) is 36.4 Å². The van der Waals surface area contributed by atoms with E-state index in [0.717, 1.165) is 10.5 Å². The van der Waals surface area contributed by atoms with Crippen molar-refractivity contribution in [3.63, 3.8) is 0 Å². The molecule has 0 saturated carbocycles. The zero-order valence-corrected chi connectivity index (χ0v) is 24.1. The second-order valence-electron chi connectivity index (χ2n) is 8.70. The van der Waals surface area contributed by atoms with E-state index in [9.17, 15) is 24.4 Å². The molecule has 214 valence electrons. The third-order valence-corrected chi connectivity index (χ3v) is 7.15. The van der Waals surface area contributed by atoms with Crippen LogP contribution in [0.5, 0.6) is 11.5 Å². The monoisotopic (exact) mass is 605 g/mol. The second-order valence-corrected chi connectivity index (χ2v) is 10.1. The van der Waals surface area contributed by atoms with Crippen LogP contribution in [0.4, 0.5) is 10.5 Å². The molecule has 4 rings (SSSR count). The molecule has 1 aliphatic rings. The second kappa shape index (κ2) is 13.7. The van der Waals surface area contributed by atoms with Gasteiger partial charge in [-0.25, -0.2) is 4.79 Å². The summed E-state index contributed by atoms with van der Waals surface area (Å²) in [6, 6.07) is 18.5. The number of nitrogens with one attached hydrogen (secondary N) is 1. The van der Waals surface area contributed by atoms with Gasteiger partial charge in [0.1, 0.15) is 13.2 Å². The van der Waals surface area contributed by atoms with Gasteiger partial charge in [0.05, 0.1) is 40.8 Å². The van der Waals surface area contributed by atoms with Crippen LogP contribution in [0.3, 0.4) is 0 Å². The van der Waals surface area contributed by atoms with Gasteiger partial charge in [-0.1, -0.05) is 35.9 Å². The highest BCUT2D eigenvalue weighted by atomic mass is 35.5. The third-order valence-electron chi connectivity index (χ3n) is 5.92. The molecule has 1 saturated heterocycles. The van der Waals surface area contributed by atoms with Crippen LogP contribution in [-0.2, 0) is 20.9 Å². The quantitative estimate of drug-likeness (QED) is 0.230. The van der Waals surface area contributed by atoms with Crippen molar-refractivity contribution in [2.75, 3.05) is 25.6 Å². The zero-order chi connectivity index (χ0) is 30.2. The van der Waals surface area contributed by atoms with E-state index in [4.69, 9.17) is 21.1 Å². The van der Waals surface area contributed by atoms with Gasteiger partial charge in [-0.3, -0.25) is 19.3 Å². The summed E-state index contributed by atoms with van der Waals surface area (Å²) in [6.45, 7) is 1.80. The van der Waals surface area contributed by atoms with Crippen LogP contribution in [0.15, 0.2) is 65.6 Å². The first-order valence-corrected chi connectivity index (χ1v) is 13.7. The average molecular weight is 606 g/mol. The van der Waals surface area contributed by atoms with Crippen LogP contribution in [-0.4, -0.2) is 48.2 Å². The number of benzene rings is 3. The number of thioether (sulfide) groups is 1. The summed E-state index contributed by atoms with van der Waals surface area (Å²) in [7, 11) is 1.20. The van der Waals surface area contributed by atoms with Gasteiger partial charge in [-0.15, -0.1) is 0 Å². The Morgan fingerprint density at radius 2 is 1.86 bits per heavy atom. The molecule has 1 N–H and O–H groups in total. The highest BCUT2D eigenvalue weighted by Crippen LogP contribution is 2.35. The number of methoxy groups -OCH3 is 1. The van der Waals surface area contributed by atoms with Gasteiger partial charge in [0.2, 0.25) is 5.91 Å². The number of nitrogens with zero attached hydrogens (tertiary/aromatic N) is 2. The number of imide groups is 1. The Balaban J connectivity index is 1.45. The molecule has 0 spiro atoms. The Hall–Kier alpha value is -4.79. The molecule has 1 fully saturated rings. The Morgan fingerprint density at radius 3 is 2.60 bits per heavy atom. The van der Waals surface area contributed by atoms with Gasteiger partial charge in [-0.05, 0) is 66.7 Å². The van der Waals surface area contributed by atoms with Crippen LogP contribution < -0.4 is 14.8 Å². The number of esters is 1. The zero-order valence-electron chi connectivity index (χ0n) is 22.5. The highest BCUT2D eigenvalue weighted by molar-refractivity contribution is 8.18. The van der Waals surface area contributed by atoms with E-state index in [1.165, 1.54) is 31.4 Å². The first-order valence-electron chi connectivity index (χ1n) is 12.5. The van der Waals surface area contributed by atoms with Crippen LogP contribution in [0.1, 0.15) is 34.0 Å². The fourth-order valence-electron chi connectivity index (χ4n) is 3.91. The summed E-state index contributed by atoms with van der Waals surface area (Å²) < 4.78 is 16.3. The number of carbonyl (C=O) groups excluding carboxylic acids is 4. The van der Waals surface area contributed by atoms with Crippen molar-refractivity contribution in [1.82, 2.24) is 4.90 Å². The molecule has 3 aromatic rings. The maximum Gasteiger partial charge on any atom is 0.339 e. The topological polar surface area (TPSA) is 135 Å². The van der Waals surface area contributed by atoms with Crippen molar-refractivity contribution in [2.24, 2.45) is 0 Å². The average Bonchev–Trinajstić information content (AvgIpc) is 3.24. The smallest absolute Gasteiger partial charge is 0.339 e. The van der Waals surface area contributed by atoms with Gasteiger partial charge in [0.25, 0.3) is 11.1 Å². The molecule has 0 bridgehead atoms. The van der Waals surface area contributed by atoms with Gasteiger partial charge in [0, 0.05) is 11.3 Å². The Morgan fingerprint density at radius 1 is 1.07 bits per heavy atom. The van der Waals surface area contributed by atoms with Crippen LogP contribution in [0.25, 0.3) is 6.08 Å². The summed E-state index contributed by atoms with van der Waals surface area (Å²) in [5.41, 5.74) is 2.12. The minimum Gasteiger partial charge on any atom is -0.490 e. The molecule has 0 atom stereocenters. The lowest BCUT2D eigenvalue weighted by Gasteiger charge is -2.14. The van der Waals surface area contributed by atoms with Crippen molar-refractivity contribution in [3.05, 3.63) is 92.8 Å². The number of ether oxygens (including phenoxy) is 3. The fraction of sp³-hybridized carbons (Fsp3) is 0.167. The van der Waals surface area contributed by atoms with Gasteiger partial charge in [0.15, 0.2) is 11.5 Å². The van der Waals surface area contributed by atoms with E-state index in [-0.39, 0.29) is 27.8 Å². The Labute approximate surface area is 250 Å². The first kappa shape index (κ1) is 30.2. The lowest BCUT2D eigenvalue weighted by molar-refractivity contribution is -0.127. The SMILES string of the molecule is CCOc1cc(/C=C2/SC(=O)N(CC(=O)Nc3ccc(Cl)c(C(=O)OC)c3)C2=O)ccc1OCc1ccccc1C#N. The largest absolute Gasteiger partial charge is 0.490 e. The first-order chi connectivity index (χ1) is 20.2. The molecule has 10 nitrogen and oxygen atoms in total.